The molecule has 0 radical (unpaired) electrons. The average molecular weight is 450 g/mol. The van der Waals surface area contributed by atoms with Gasteiger partial charge in [0.25, 0.3) is 0 Å². The van der Waals surface area contributed by atoms with Crippen LogP contribution < -0.4 is 4.72 Å². The maximum absolute atomic E-state index is 12.6. The van der Waals surface area contributed by atoms with Crippen LogP contribution in [0.2, 0.25) is 5.15 Å². The van der Waals surface area contributed by atoms with Gasteiger partial charge in [0.1, 0.15) is 16.6 Å². The van der Waals surface area contributed by atoms with Gasteiger partial charge >= 0.3 is 5.97 Å². The van der Waals surface area contributed by atoms with Crippen molar-refractivity contribution in [1.82, 2.24) is 19.5 Å². The van der Waals surface area contributed by atoms with Crippen LogP contribution in [-0.2, 0) is 27.8 Å². The van der Waals surface area contributed by atoms with E-state index in [1.807, 2.05) is 0 Å². The largest absolute Gasteiger partial charge is 0.480 e. The second-order valence-electron chi connectivity index (χ2n) is 5.61. The topological polar surface area (TPSA) is 114 Å². The van der Waals surface area contributed by atoms with Gasteiger partial charge in [-0.2, -0.15) is 5.10 Å². The quantitative estimate of drug-likeness (QED) is 0.676. The molecule has 0 bridgehead atoms. The number of nitrogens with zero attached hydrogens (tertiary/aromatic N) is 3. The summed E-state index contributed by atoms with van der Waals surface area (Å²) in [7, 11) is -3.81. The van der Waals surface area contributed by atoms with Gasteiger partial charge in [0.2, 0.25) is 10.0 Å². The van der Waals surface area contributed by atoms with E-state index in [0.717, 1.165) is 12.1 Å². The van der Waals surface area contributed by atoms with Crippen molar-refractivity contribution in [3.8, 4) is 0 Å². The van der Waals surface area contributed by atoms with Gasteiger partial charge < -0.3 is 5.11 Å². The molecule has 1 aliphatic rings. The second-order valence-corrected chi connectivity index (χ2v) is 8.53. The molecule has 0 fully saturated rings. The number of sulfonamides is 1. The van der Waals surface area contributed by atoms with Crippen molar-refractivity contribution in [1.29, 1.82) is 0 Å². The van der Waals surface area contributed by atoms with Crippen LogP contribution in [0, 0.1) is 0 Å². The van der Waals surface area contributed by atoms with E-state index in [1.165, 1.54) is 23.1 Å². The van der Waals surface area contributed by atoms with Crippen LogP contribution in [0.5, 0.6) is 0 Å². The van der Waals surface area contributed by atoms with E-state index < -0.39 is 22.0 Å². The second kappa shape index (κ2) is 7.02. The van der Waals surface area contributed by atoms with E-state index in [1.54, 1.807) is 0 Å². The van der Waals surface area contributed by atoms with E-state index in [2.05, 4.69) is 30.7 Å². The molecule has 0 amide bonds. The monoisotopic (exact) mass is 448 g/mol. The first-order valence-corrected chi connectivity index (χ1v) is 10.0. The first-order valence-electron chi connectivity index (χ1n) is 7.37. The van der Waals surface area contributed by atoms with Gasteiger partial charge in [-0.1, -0.05) is 11.6 Å². The molecule has 0 spiro atoms. The molecule has 1 atom stereocenters. The number of carboxylic acids is 1. The van der Waals surface area contributed by atoms with E-state index >= 15 is 0 Å². The molecule has 25 heavy (non-hydrogen) atoms. The predicted molar refractivity (Wildman–Crippen MR) is 92.8 cm³/mol. The Balaban J connectivity index is 1.88. The molecule has 0 aliphatic heterocycles. The summed E-state index contributed by atoms with van der Waals surface area (Å²) in [5.74, 6) is -0.995. The summed E-state index contributed by atoms with van der Waals surface area (Å²) in [4.78, 5) is 14.7. The lowest BCUT2D eigenvalue weighted by molar-refractivity contribution is -0.137. The fourth-order valence-electron chi connectivity index (χ4n) is 2.81. The maximum atomic E-state index is 12.6. The van der Waals surface area contributed by atoms with Crippen LogP contribution in [0.25, 0.3) is 0 Å². The molecule has 2 heterocycles. The molecule has 11 heteroatoms. The molecule has 1 aliphatic carbocycles. The van der Waals surface area contributed by atoms with Crippen molar-refractivity contribution in [2.75, 3.05) is 0 Å². The number of aliphatic carboxylic acids is 1. The molecular weight excluding hydrogens is 436 g/mol. The third kappa shape index (κ3) is 3.86. The Morgan fingerprint density at radius 3 is 2.92 bits per heavy atom. The van der Waals surface area contributed by atoms with Gasteiger partial charge in [-0.25, -0.2) is 18.1 Å². The fraction of sp³-hybridized carbons (Fsp3) is 0.357. The minimum atomic E-state index is -3.81. The highest BCUT2D eigenvalue weighted by molar-refractivity contribution is 9.10. The summed E-state index contributed by atoms with van der Waals surface area (Å²) in [5, 5.41) is 13.2. The van der Waals surface area contributed by atoms with Gasteiger partial charge in [-0.3, -0.25) is 9.48 Å². The molecule has 2 aromatic heterocycles. The third-order valence-corrected chi connectivity index (χ3v) is 6.50. The van der Waals surface area contributed by atoms with Crippen LogP contribution in [-0.4, -0.2) is 34.3 Å². The number of aromatic nitrogens is 3. The van der Waals surface area contributed by atoms with Gasteiger partial charge in [0.15, 0.2) is 0 Å². The van der Waals surface area contributed by atoms with Gasteiger partial charge in [0, 0.05) is 17.5 Å². The zero-order valence-corrected chi connectivity index (χ0v) is 16.0. The van der Waals surface area contributed by atoms with Crippen LogP contribution in [0.3, 0.4) is 0 Å². The molecule has 8 nitrogen and oxygen atoms in total. The molecule has 1 unspecified atom stereocenters. The number of carboxylic acid groups (broad SMARTS) is 1. The first-order chi connectivity index (χ1) is 11.8. The van der Waals surface area contributed by atoms with Gasteiger partial charge in [0.05, 0.1) is 16.7 Å². The number of nitrogens with one attached hydrogen (secondary N) is 1. The van der Waals surface area contributed by atoms with E-state index in [4.69, 9.17) is 16.7 Å². The first kappa shape index (κ1) is 18.3. The Morgan fingerprint density at radius 2 is 2.24 bits per heavy atom. The highest BCUT2D eigenvalue weighted by atomic mass is 79.9. The number of carbonyl (C=O) groups is 1. The van der Waals surface area contributed by atoms with Crippen LogP contribution in [0.4, 0.5) is 0 Å². The highest BCUT2D eigenvalue weighted by Gasteiger charge is 2.29. The third-order valence-electron chi connectivity index (χ3n) is 3.93. The molecule has 3 rings (SSSR count). The van der Waals surface area contributed by atoms with Crippen molar-refractivity contribution in [3.05, 3.63) is 39.3 Å². The highest BCUT2D eigenvalue weighted by Crippen LogP contribution is 2.31. The van der Waals surface area contributed by atoms with Gasteiger partial charge in [-0.15, -0.1) is 0 Å². The summed E-state index contributed by atoms with van der Waals surface area (Å²) >= 11 is 8.96. The van der Waals surface area contributed by atoms with Crippen molar-refractivity contribution in [3.63, 3.8) is 0 Å². The predicted octanol–water partition coefficient (Wildman–Crippen LogP) is 2.13. The summed E-state index contributed by atoms with van der Waals surface area (Å²) < 4.78 is 29.7. The standard InChI is InChI=1S/C14H14BrClN4O4S/c15-10-4-8(5-17-14(10)16)25(23,24)19-11-2-1-3-12-9(11)6-18-20(12)7-13(21)22/h4-6,11,19H,1-3,7H2,(H,21,22). The van der Waals surface area contributed by atoms with Crippen molar-refractivity contribution in [2.24, 2.45) is 0 Å². The molecule has 0 saturated carbocycles. The van der Waals surface area contributed by atoms with E-state index in [0.29, 0.717) is 22.9 Å². The number of halogens is 2. The van der Waals surface area contributed by atoms with Crippen LogP contribution >= 0.6 is 27.5 Å². The molecule has 0 aromatic carbocycles. The minimum Gasteiger partial charge on any atom is -0.480 e. The van der Waals surface area contributed by atoms with Crippen molar-refractivity contribution >= 4 is 43.5 Å². The zero-order valence-electron chi connectivity index (χ0n) is 12.8. The summed E-state index contributed by atoms with van der Waals surface area (Å²) in [6, 6.07) is 0.917. The molecule has 2 N–H and O–H groups in total. The molecular formula is C14H14BrClN4O4S. The Labute approximate surface area is 157 Å². The molecule has 2 aromatic rings. The van der Waals surface area contributed by atoms with Crippen molar-refractivity contribution in [2.45, 2.75) is 36.7 Å². The average Bonchev–Trinajstić information content (AvgIpc) is 2.93. The Morgan fingerprint density at radius 1 is 1.48 bits per heavy atom. The Kier molecular flexibility index (Phi) is 5.14. The lowest BCUT2D eigenvalue weighted by Crippen LogP contribution is -2.31. The number of hydrogen-bond donors (Lipinski definition) is 2. The molecule has 134 valence electrons. The molecule has 0 saturated heterocycles. The van der Waals surface area contributed by atoms with Crippen LogP contribution in [0.1, 0.15) is 30.1 Å². The normalized spacial score (nSPS) is 17.3. The maximum Gasteiger partial charge on any atom is 0.325 e. The lowest BCUT2D eigenvalue weighted by atomic mass is 9.94. The SMILES string of the molecule is O=C(O)Cn1ncc2c1CCCC2NS(=O)(=O)c1cnc(Cl)c(Br)c1. The van der Waals surface area contributed by atoms with E-state index in [9.17, 15) is 13.2 Å². The summed E-state index contributed by atoms with van der Waals surface area (Å²) in [5.41, 5.74) is 1.45. The smallest absolute Gasteiger partial charge is 0.325 e. The summed E-state index contributed by atoms with van der Waals surface area (Å²) in [6.45, 7) is -0.247. The zero-order chi connectivity index (χ0) is 18.2. The number of rotatable bonds is 5. The lowest BCUT2D eigenvalue weighted by Gasteiger charge is -2.24. The van der Waals surface area contributed by atoms with Crippen molar-refractivity contribution < 1.29 is 18.3 Å². The van der Waals surface area contributed by atoms with E-state index in [-0.39, 0.29) is 16.6 Å². The van der Waals surface area contributed by atoms with Crippen LogP contribution in [0.15, 0.2) is 27.8 Å². The Hall–Kier alpha value is -1.49. The fourth-order valence-corrected chi connectivity index (χ4v) is 4.64. The summed E-state index contributed by atoms with van der Waals surface area (Å²) in [6.07, 6.45) is 4.71. The van der Waals surface area contributed by atoms with Gasteiger partial charge in [-0.05, 0) is 41.3 Å². The number of fused-ring (bicyclic) bond motifs is 1. The number of pyridine rings is 1. The number of hydrogen-bond acceptors (Lipinski definition) is 5. The minimum absolute atomic E-state index is 0.00572. The Bertz CT molecular complexity index is 931.